The van der Waals surface area contributed by atoms with Crippen molar-refractivity contribution in [3.8, 4) is 11.5 Å². The number of hydrogen-bond acceptors (Lipinski definition) is 7. The molecule has 0 spiro atoms. The number of hydrazone groups is 1. The van der Waals surface area contributed by atoms with Crippen LogP contribution in [0.3, 0.4) is 0 Å². The van der Waals surface area contributed by atoms with Gasteiger partial charge in [-0.1, -0.05) is 48.0 Å². The summed E-state index contributed by atoms with van der Waals surface area (Å²) in [5, 5.41) is 6.87. The van der Waals surface area contributed by atoms with Gasteiger partial charge in [0.25, 0.3) is 21.8 Å². The molecule has 0 saturated heterocycles. The van der Waals surface area contributed by atoms with Crippen LogP contribution in [0, 0.1) is 6.92 Å². The molecule has 0 unspecified atom stereocenters. The third-order valence-corrected chi connectivity index (χ3v) is 8.37. The lowest BCUT2D eigenvalue weighted by Crippen LogP contribution is -2.39. The van der Waals surface area contributed by atoms with Crippen LogP contribution in [0.2, 0.25) is 0 Å². The quantitative estimate of drug-likeness (QED) is 0.167. The van der Waals surface area contributed by atoms with Gasteiger partial charge >= 0.3 is 0 Å². The Morgan fingerprint density at radius 3 is 2.14 bits per heavy atom. The number of aryl methyl sites for hydroxylation is 1. The molecular weight excluding hydrogens is 580 g/mol. The summed E-state index contributed by atoms with van der Waals surface area (Å²) < 4.78 is 38.8. The smallest absolute Gasteiger partial charge is 0.264 e. The second-order valence-electron chi connectivity index (χ2n) is 9.87. The molecule has 2 N–H and O–H groups in total. The molecule has 4 aromatic carbocycles. The summed E-state index contributed by atoms with van der Waals surface area (Å²) in [7, 11) is -2.55. The number of nitrogens with zero attached hydrogens (tertiary/aromatic N) is 2. The molecule has 10 nitrogen and oxygen atoms in total. The Balaban J connectivity index is 1.34. The molecule has 0 heterocycles. The predicted octanol–water partition coefficient (Wildman–Crippen LogP) is 4.61. The van der Waals surface area contributed by atoms with Gasteiger partial charge < -0.3 is 14.8 Å². The summed E-state index contributed by atoms with van der Waals surface area (Å²) in [6.45, 7) is 3.12. The first kappa shape index (κ1) is 31.8. The minimum absolute atomic E-state index is 0.0562. The molecule has 0 radical (unpaired) electrons. The van der Waals surface area contributed by atoms with Crippen molar-refractivity contribution in [1.82, 2.24) is 10.7 Å². The maximum Gasteiger partial charge on any atom is 0.264 e. The zero-order valence-corrected chi connectivity index (χ0v) is 25.5. The fraction of sp³-hybridized carbons (Fsp3) is 0.182. The molecule has 0 bridgehead atoms. The van der Waals surface area contributed by atoms with Crippen LogP contribution in [0.5, 0.6) is 11.5 Å². The van der Waals surface area contributed by atoms with Crippen molar-refractivity contribution in [1.29, 1.82) is 0 Å². The van der Waals surface area contributed by atoms with E-state index in [0.717, 1.165) is 15.4 Å². The summed E-state index contributed by atoms with van der Waals surface area (Å²) in [4.78, 5) is 25.2. The van der Waals surface area contributed by atoms with Gasteiger partial charge in [-0.2, -0.15) is 5.10 Å². The van der Waals surface area contributed by atoms with Gasteiger partial charge in [0.2, 0.25) is 0 Å². The lowest BCUT2D eigenvalue weighted by molar-refractivity contribution is -0.123. The van der Waals surface area contributed by atoms with E-state index in [-0.39, 0.29) is 23.5 Å². The van der Waals surface area contributed by atoms with Crippen molar-refractivity contribution in [2.75, 3.05) is 24.6 Å². The van der Waals surface area contributed by atoms with Crippen molar-refractivity contribution >= 4 is 33.7 Å². The van der Waals surface area contributed by atoms with E-state index in [2.05, 4.69) is 15.8 Å². The molecule has 228 valence electrons. The second-order valence-corrected chi connectivity index (χ2v) is 11.7. The maximum absolute atomic E-state index is 13.5. The lowest BCUT2D eigenvalue weighted by atomic mass is 10.1. The van der Waals surface area contributed by atoms with Crippen LogP contribution in [0.1, 0.15) is 29.7 Å². The molecule has 1 atom stereocenters. The van der Waals surface area contributed by atoms with E-state index in [4.69, 9.17) is 9.47 Å². The number of methoxy groups -OCH3 is 1. The van der Waals surface area contributed by atoms with Gasteiger partial charge in [-0.3, -0.25) is 13.9 Å². The number of rotatable bonds is 13. The van der Waals surface area contributed by atoms with Crippen molar-refractivity contribution in [2.24, 2.45) is 5.10 Å². The normalized spacial score (nSPS) is 11.9. The number of ether oxygens (including phenoxy) is 2. The third-order valence-electron chi connectivity index (χ3n) is 6.59. The van der Waals surface area contributed by atoms with Crippen LogP contribution in [0.25, 0.3) is 0 Å². The molecule has 0 fully saturated rings. The molecule has 44 heavy (non-hydrogen) atoms. The predicted molar refractivity (Wildman–Crippen MR) is 169 cm³/mol. The summed E-state index contributed by atoms with van der Waals surface area (Å²) in [6.07, 6.45) is 1.42. The molecule has 4 aromatic rings. The first-order valence-electron chi connectivity index (χ1n) is 13.8. The Morgan fingerprint density at radius 2 is 1.50 bits per heavy atom. The van der Waals surface area contributed by atoms with E-state index >= 15 is 0 Å². The Hall–Kier alpha value is -5.16. The van der Waals surface area contributed by atoms with E-state index in [9.17, 15) is 18.0 Å². The molecule has 11 heteroatoms. The second kappa shape index (κ2) is 14.8. The Labute approximate surface area is 257 Å². The number of carbonyl (C=O) groups is 2. The number of benzene rings is 4. The number of carbonyl (C=O) groups excluding carboxylic acids is 2. The Morgan fingerprint density at radius 1 is 0.864 bits per heavy atom. The standard InChI is InChI=1S/C33H34N4O6S/c1-24-9-19-31(20-10-24)44(40,41)37(28-13-17-29(42-3)18-14-28)22-32(38)36-34-21-26-11-15-30(16-12-26)43-23-33(39)35-25(2)27-7-5-4-6-8-27/h4-21,25H,22-23H2,1-3H3,(H,35,39)(H,36,38)/b34-21-/t25-/m0/s1. The summed E-state index contributed by atoms with van der Waals surface area (Å²) in [5.41, 5.74) is 5.24. The highest BCUT2D eigenvalue weighted by Gasteiger charge is 2.27. The summed E-state index contributed by atoms with van der Waals surface area (Å²) >= 11 is 0. The number of sulfonamides is 1. The SMILES string of the molecule is COc1ccc(N(CC(=O)N/N=C\c2ccc(OCC(=O)N[C@@H](C)c3ccccc3)cc2)S(=O)(=O)c2ccc(C)cc2)cc1. The highest BCUT2D eigenvalue weighted by Crippen LogP contribution is 2.26. The van der Waals surface area contributed by atoms with Crippen molar-refractivity contribution in [3.63, 3.8) is 0 Å². The highest BCUT2D eigenvalue weighted by atomic mass is 32.2. The molecule has 0 aliphatic rings. The van der Waals surface area contributed by atoms with Gasteiger partial charge in [0, 0.05) is 0 Å². The first-order valence-corrected chi connectivity index (χ1v) is 15.2. The van der Waals surface area contributed by atoms with Crippen LogP contribution >= 0.6 is 0 Å². The Kier molecular flexibility index (Phi) is 10.7. The van der Waals surface area contributed by atoms with Gasteiger partial charge in [-0.15, -0.1) is 0 Å². The average molecular weight is 615 g/mol. The Bertz CT molecular complexity index is 1680. The minimum Gasteiger partial charge on any atom is -0.497 e. The molecule has 0 aromatic heterocycles. The summed E-state index contributed by atoms with van der Waals surface area (Å²) in [6, 6.07) is 29.0. The molecular formula is C33H34N4O6S. The van der Waals surface area contributed by atoms with Gasteiger partial charge in [-0.25, -0.2) is 13.8 Å². The molecule has 0 aliphatic carbocycles. The minimum atomic E-state index is -4.06. The zero-order valence-electron chi connectivity index (χ0n) is 24.6. The number of anilines is 1. The molecule has 2 amide bonds. The van der Waals surface area contributed by atoms with Gasteiger partial charge in [0.1, 0.15) is 18.0 Å². The average Bonchev–Trinajstić information content (AvgIpc) is 3.04. The first-order chi connectivity index (χ1) is 21.2. The lowest BCUT2D eigenvalue weighted by Gasteiger charge is -2.24. The maximum atomic E-state index is 13.5. The fourth-order valence-electron chi connectivity index (χ4n) is 4.15. The van der Waals surface area contributed by atoms with E-state index in [1.165, 1.54) is 25.5 Å². The largest absolute Gasteiger partial charge is 0.497 e. The molecule has 0 saturated carbocycles. The molecule has 0 aliphatic heterocycles. The van der Waals surface area contributed by atoms with E-state index in [1.807, 2.05) is 44.2 Å². The fourth-order valence-corrected chi connectivity index (χ4v) is 5.57. The third kappa shape index (κ3) is 8.68. The topological polar surface area (TPSA) is 126 Å². The molecule has 4 rings (SSSR count). The monoisotopic (exact) mass is 614 g/mol. The number of amides is 2. The van der Waals surface area contributed by atoms with Crippen LogP contribution in [-0.4, -0.2) is 46.7 Å². The van der Waals surface area contributed by atoms with Gasteiger partial charge in [-0.05, 0) is 85.6 Å². The van der Waals surface area contributed by atoms with Crippen LogP contribution in [0.15, 0.2) is 113 Å². The summed E-state index contributed by atoms with van der Waals surface area (Å²) in [5.74, 6) is 0.157. The highest BCUT2D eigenvalue weighted by molar-refractivity contribution is 7.92. The van der Waals surface area contributed by atoms with Crippen LogP contribution in [-0.2, 0) is 19.6 Å². The van der Waals surface area contributed by atoms with Crippen molar-refractivity contribution in [2.45, 2.75) is 24.8 Å². The zero-order chi connectivity index (χ0) is 31.5. The van der Waals surface area contributed by atoms with Crippen molar-refractivity contribution in [3.05, 3.63) is 120 Å². The van der Waals surface area contributed by atoms with E-state index in [0.29, 0.717) is 22.7 Å². The van der Waals surface area contributed by atoms with Gasteiger partial charge in [0.05, 0.1) is 29.9 Å². The van der Waals surface area contributed by atoms with E-state index in [1.54, 1.807) is 60.7 Å². The van der Waals surface area contributed by atoms with E-state index < -0.39 is 22.5 Å². The van der Waals surface area contributed by atoms with Gasteiger partial charge in [0.15, 0.2) is 6.61 Å². The van der Waals surface area contributed by atoms with Crippen LogP contribution in [0.4, 0.5) is 5.69 Å². The number of hydrogen-bond donors (Lipinski definition) is 2. The number of nitrogens with one attached hydrogen (secondary N) is 2. The van der Waals surface area contributed by atoms with Crippen molar-refractivity contribution < 1.29 is 27.5 Å². The van der Waals surface area contributed by atoms with Crippen LogP contribution < -0.4 is 24.5 Å².